The van der Waals surface area contributed by atoms with E-state index in [-0.39, 0.29) is 29.4 Å². The summed E-state index contributed by atoms with van der Waals surface area (Å²) in [6.45, 7) is 3.37. The van der Waals surface area contributed by atoms with Gasteiger partial charge in [0.15, 0.2) is 0 Å². The first-order valence-corrected chi connectivity index (χ1v) is 10.2. The van der Waals surface area contributed by atoms with E-state index in [0.29, 0.717) is 23.0 Å². The largest absolute Gasteiger partial charge is 0.326 e. The van der Waals surface area contributed by atoms with Gasteiger partial charge in [0.1, 0.15) is 11.8 Å². The predicted molar refractivity (Wildman–Crippen MR) is 111 cm³/mol. The van der Waals surface area contributed by atoms with Crippen molar-refractivity contribution >= 4 is 63.5 Å². The number of allylic oxidation sites excluding steroid dienone is 1. The highest BCUT2D eigenvalue weighted by Crippen LogP contribution is 2.34. The van der Waals surface area contributed by atoms with Gasteiger partial charge in [0.05, 0.1) is 16.5 Å². The number of thioether (sulfide) groups is 2. The molecule has 0 bridgehead atoms. The number of nitrogens with one attached hydrogen (secondary N) is 2. The Morgan fingerprint density at radius 3 is 2.70 bits per heavy atom. The molecular weight excluding hydrogens is 384 g/mol. The Morgan fingerprint density at radius 2 is 1.96 bits per heavy atom. The second kappa shape index (κ2) is 8.53. The summed E-state index contributed by atoms with van der Waals surface area (Å²) in [5.74, 6) is 0.166. The van der Waals surface area contributed by atoms with Gasteiger partial charge in [-0.05, 0) is 30.0 Å². The van der Waals surface area contributed by atoms with Gasteiger partial charge in [0, 0.05) is 18.3 Å². The summed E-state index contributed by atoms with van der Waals surface area (Å²) in [7, 11) is 0. The van der Waals surface area contributed by atoms with E-state index < -0.39 is 0 Å². The van der Waals surface area contributed by atoms with E-state index in [1.165, 1.54) is 30.4 Å². The Hall–Kier alpha value is -2.39. The molecule has 9 heteroatoms. The molecule has 1 aromatic rings. The number of rotatable bonds is 6. The molecule has 0 saturated heterocycles. The lowest BCUT2D eigenvalue weighted by Crippen LogP contribution is -2.24. The smallest absolute Gasteiger partial charge is 0.261 e. The summed E-state index contributed by atoms with van der Waals surface area (Å²) in [6, 6.07) is 6.93. The predicted octanol–water partition coefficient (Wildman–Crippen LogP) is 2.92. The van der Waals surface area contributed by atoms with Crippen molar-refractivity contribution < 1.29 is 14.4 Å². The van der Waals surface area contributed by atoms with Crippen LogP contribution < -0.4 is 10.6 Å². The molecule has 0 aromatic heterocycles. The van der Waals surface area contributed by atoms with E-state index in [9.17, 15) is 14.4 Å². The van der Waals surface area contributed by atoms with Gasteiger partial charge < -0.3 is 10.6 Å². The second-order valence-electron chi connectivity index (χ2n) is 5.98. The normalized spacial score (nSPS) is 18.2. The third-order valence-electron chi connectivity index (χ3n) is 3.61. The molecule has 0 saturated carbocycles. The monoisotopic (exact) mass is 402 g/mol. The number of aliphatic imine (C=N–C) groups is 2. The number of nitrogens with zero attached hydrogens (tertiary/aromatic N) is 2. The fraction of sp³-hybridized carbons (Fsp3) is 0.278. The number of hydrogen-bond acceptors (Lipinski definition) is 6. The minimum atomic E-state index is -0.331. The van der Waals surface area contributed by atoms with E-state index in [1.54, 1.807) is 24.3 Å². The Bertz CT molecular complexity index is 892. The summed E-state index contributed by atoms with van der Waals surface area (Å²) >= 11 is 2.84. The molecule has 2 heterocycles. The van der Waals surface area contributed by atoms with Crippen molar-refractivity contribution in [2.75, 3.05) is 22.1 Å². The third-order valence-corrected chi connectivity index (χ3v) is 5.55. The number of amides is 3. The molecule has 0 fully saturated rings. The molecule has 3 rings (SSSR count). The van der Waals surface area contributed by atoms with Gasteiger partial charge in [0.25, 0.3) is 5.91 Å². The van der Waals surface area contributed by atoms with Crippen LogP contribution in [0.2, 0.25) is 0 Å². The van der Waals surface area contributed by atoms with E-state index in [0.717, 1.165) is 9.95 Å². The van der Waals surface area contributed by atoms with Gasteiger partial charge in [-0.3, -0.25) is 14.4 Å². The molecule has 140 valence electrons. The van der Waals surface area contributed by atoms with Crippen LogP contribution in [0.5, 0.6) is 0 Å². The number of fused-ring (bicyclic) bond motifs is 1. The van der Waals surface area contributed by atoms with E-state index >= 15 is 0 Å². The van der Waals surface area contributed by atoms with Crippen LogP contribution in [0.3, 0.4) is 0 Å². The van der Waals surface area contributed by atoms with E-state index in [4.69, 9.17) is 0 Å². The van der Waals surface area contributed by atoms with Gasteiger partial charge in [-0.1, -0.05) is 23.9 Å². The standard InChI is InChI=1S/C18H18N4O3S2/c1-10-6-14-17(25)21-15(22-18(14)27-10)8-26-9-16(24)20-13-5-3-4-12(7-13)19-11(2)23/h3-7,14H,8-9H2,1-2H3,(H,19,23)(H,20,24). The van der Waals surface area contributed by atoms with Gasteiger partial charge >= 0.3 is 0 Å². The Kier molecular flexibility index (Phi) is 6.12. The van der Waals surface area contributed by atoms with Gasteiger partial charge in [-0.2, -0.15) is 4.99 Å². The number of carbonyl (C=O) groups is 3. The molecule has 3 amide bonds. The molecule has 0 radical (unpaired) electrons. The average Bonchev–Trinajstić information content (AvgIpc) is 2.95. The number of hydrogen-bond donors (Lipinski definition) is 2. The van der Waals surface area contributed by atoms with Gasteiger partial charge in [0.2, 0.25) is 11.8 Å². The minimum Gasteiger partial charge on any atom is -0.326 e. The second-order valence-corrected chi connectivity index (χ2v) is 8.23. The highest BCUT2D eigenvalue weighted by molar-refractivity contribution is 8.17. The Morgan fingerprint density at radius 1 is 1.22 bits per heavy atom. The fourth-order valence-electron chi connectivity index (χ4n) is 2.56. The van der Waals surface area contributed by atoms with Crippen LogP contribution in [0.25, 0.3) is 0 Å². The first-order chi connectivity index (χ1) is 12.9. The Labute approximate surface area is 165 Å². The van der Waals surface area contributed by atoms with E-state index in [2.05, 4.69) is 20.6 Å². The van der Waals surface area contributed by atoms with Crippen LogP contribution in [-0.2, 0) is 14.4 Å². The summed E-state index contributed by atoms with van der Waals surface area (Å²) in [5, 5.41) is 6.21. The topological polar surface area (TPSA) is 100.0 Å². The van der Waals surface area contributed by atoms with Crippen molar-refractivity contribution in [1.82, 2.24) is 0 Å². The van der Waals surface area contributed by atoms with E-state index in [1.807, 2.05) is 13.0 Å². The minimum absolute atomic E-state index is 0.175. The zero-order valence-electron chi connectivity index (χ0n) is 14.8. The highest BCUT2D eigenvalue weighted by Gasteiger charge is 2.32. The first kappa shape index (κ1) is 19.4. The molecule has 2 aliphatic heterocycles. The van der Waals surface area contributed by atoms with Crippen LogP contribution >= 0.6 is 23.5 Å². The molecule has 7 nitrogen and oxygen atoms in total. The SMILES string of the molecule is CC(=O)Nc1cccc(NC(=O)CSCC2=NC(=O)C3C=C(C)SC3=N2)c1. The number of amidine groups is 1. The molecular formula is C18H18N4O3S2. The zero-order valence-corrected chi connectivity index (χ0v) is 16.4. The molecule has 0 aliphatic carbocycles. The van der Waals surface area contributed by atoms with Crippen LogP contribution in [-0.4, -0.2) is 40.1 Å². The average molecular weight is 403 g/mol. The van der Waals surface area contributed by atoms with Crippen LogP contribution in [0.4, 0.5) is 11.4 Å². The molecule has 0 spiro atoms. The van der Waals surface area contributed by atoms with Crippen LogP contribution in [0.15, 0.2) is 45.2 Å². The number of anilines is 2. The summed E-state index contributed by atoms with van der Waals surface area (Å²) < 4.78 is 0. The highest BCUT2D eigenvalue weighted by atomic mass is 32.2. The van der Waals surface area contributed by atoms with Crippen molar-refractivity contribution in [2.24, 2.45) is 15.9 Å². The lowest BCUT2D eigenvalue weighted by molar-refractivity contribution is -0.118. The molecule has 1 aromatic carbocycles. The van der Waals surface area contributed by atoms with Crippen molar-refractivity contribution in [1.29, 1.82) is 0 Å². The summed E-state index contributed by atoms with van der Waals surface area (Å²) in [4.78, 5) is 44.7. The lowest BCUT2D eigenvalue weighted by Gasteiger charge is -2.12. The molecule has 2 N–H and O–H groups in total. The van der Waals surface area contributed by atoms with Crippen molar-refractivity contribution in [3.8, 4) is 0 Å². The summed E-state index contributed by atoms with van der Waals surface area (Å²) in [5.41, 5.74) is 1.22. The Balaban J connectivity index is 1.48. The van der Waals surface area contributed by atoms with Crippen molar-refractivity contribution in [3.05, 3.63) is 35.2 Å². The third kappa shape index (κ3) is 5.30. The number of carbonyl (C=O) groups excluding carboxylic acids is 3. The molecule has 27 heavy (non-hydrogen) atoms. The maximum Gasteiger partial charge on any atom is 0.261 e. The molecule has 1 atom stereocenters. The molecule has 2 aliphatic rings. The maximum atomic E-state index is 12.1. The first-order valence-electron chi connectivity index (χ1n) is 8.22. The van der Waals surface area contributed by atoms with Crippen molar-refractivity contribution in [2.45, 2.75) is 13.8 Å². The number of benzene rings is 1. The fourth-order valence-corrected chi connectivity index (χ4v) is 4.21. The zero-order chi connectivity index (χ0) is 19.4. The lowest BCUT2D eigenvalue weighted by atomic mass is 10.1. The maximum absolute atomic E-state index is 12.1. The molecule has 1 unspecified atom stereocenters. The van der Waals surface area contributed by atoms with Crippen molar-refractivity contribution in [3.63, 3.8) is 0 Å². The van der Waals surface area contributed by atoms with Crippen LogP contribution in [0, 0.1) is 5.92 Å². The summed E-state index contributed by atoms with van der Waals surface area (Å²) in [6.07, 6.45) is 1.88. The van der Waals surface area contributed by atoms with Gasteiger partial charge in [-0.15, -0.1) is 11.8 Å². The quantitative estimate of drug-likeness (QED) is 0.762. The van der Waals surface area contributed by atoms with Crippen LogP contribution in [0.1, 0.15) is 13.8 Å². The van der Waals surface area contributed by atoms with Gasteiger partial charge in [-0.25, -0.2) is 4.99 Å².